The van der Waals surface area contributed by atoms with E-state index in [1.165, 1.54) is 5.56 Å². The Kier molecular flexibility index (Phi) is 5.88. The van der Waals surface area contributed by atoms with Crippen molar-refractivity contribution in [1.82, 2.24) is 9.80 Å². The van der Waals surface area contributed by atoms with Gasteiger partial charge >= 0.3 is 6.03 Å². The second-order valence-corrected chi connectivity index (χ2v) is 10.9. The van der Waals surface area contributed by atoms with E-state index in [-0.39, 0.29) is 11.6 Å². The SMILES string of the molecule is CN(C)[C@]1(c2ccccc2)CC[C@@]2(CC1)CN(c1ccccc1C(N)=O)C(=O)N2CC1(O)CCC1. The summed E-state index contributed by atoms with van der Waals surface area (Å²) in [5.74, 6) is -0.544. The topological polar surface area (TPSA) is 90.1 Å². The van der Waals surface area contributed by atoms with Crippen LogP contribution in [0.3, 0.4) is 0 Å². The zero-order chi connectivity index (χ0) is 24.8. The molecule has 2 aromatic rings. The minimum absolute atomic E-state index is 0.104. The number of primary amides is 1. The summed E-state index contributed by atoms with van der Waals surface area (Å²) in [7, 11) is 4.27. The first kappa shape index (κ1) is 23.8. The molecule has 7 heteroatoms. The first-order chi connectivity index (χ1) is 16.7. The van der Waals surface area contributed by atoms with Crippen LogP contribution < -0.4 is 10.6 Å². The molecule has 3 aliphatic rings. The molecule has 3 amide bonds. The van der Waals surface area contributed by atoms with Gasteiger partial charge in [-0.1, -0.05) is 42.5 Å². The Balaban J connectivity index is 1.50. The number of para-hydroxylation sites is 1. The molecule has 1 spiro atoms. The average molecular weight is 477 g/mol. The molecule has 2 aliphatic carbocycles. The number of anilines is 1. The van der Waals surface area contributed by atoms with Crippen molar-refractivity contribution in [2.75, 3.05) is 32.1 Å². The number of nitrogens with two attached hydrogens (primary N) is 1. The standard InChI is InChI=1S/C28H36N4O3/c1-30(2)28(21-9-4-3-5-10-21)17-15-26(16-18-28)19-31(23-12-7-6-11-22(23)24(29)33)25(34)32(26)20-27(35)13-8-14-27/h3-7,9-12,35H,8,13-20H2,1-2H3,(H2,29,33)/t26-,28-. The maximum Gasteiger partial charge on any atom is 0.325 e. The van der Waals surface area contributed by atoms with Crippen LogP contribution in [0.1, 0.15) is 60.9 Å². The van der Waals surface area contributed by atoms with Gasteiger partial charge in [0.2, 0.25) is 0 Å². The van der Waals surface area contributed by atoms with Gasteiger partial charge in [-0.05, 0) is 76.7 Å². The van der Waals surface area contributed by atoms with Crippen LogP contribution in [0.15, 0.2) is 54.6 Å². The summed E-state index contributed by atoms with van der Waals surface area (Å²) in [4.78, 5) is 32.0. The molecule has 0 atom stereocenters. The maximum atomic E-state index is 13.9. The average Bonchev–Trinajstić information content (AvgIpc) is 3.10. The molecule has 0 radical (unpaired) electrons. The van der Waals surface area contributed by atoms with Crippen molar-refractivity contribution < 1.29 is 14.7 Å². The Morgan fingerprint density at radius 2 is 1.60 bits per heavy atom. The van der Waals surface area contributed by atoms with E-state index in [2.05, 4.69) is 43.3 Å². The summed E-state index contributed by atoms with van der Waals surface area (Å²) in [6, 6.07) is 17.5. The minimum Gasteiger partial charge on any atom is -0.388 e. The van der Waals surface area contributed by atoms with E-state index in [0.29, 0.717) is 24.3 Å². The predicted molar refractivity (Wildman–Crippen MR) is 136 cm³/mol. The quantitative estimate of drug-likeness (QED) is 0.665. The summed E-state index contributed by atoms with van der Waals surface area (Å²) in [6.45, 7) is 0.825. The lowest BCUT2D eigenvalue weighted by Crippen LogP contribution is -2.59. The maximum absolute atomic E-state index is 13.9. The number of rotatable bonds is 6. The number of aliphatic hydroxyl groups is 1. The molecule has 0 unspecified atom stereocenters. The molecule has 5 rings (SSSR count). The largest absolute Gasteiger partial charge is 0.388 e. The molecular formula is C28H36N4O3. The fraction of sp³-hybridized carbons (Fsp3) is 0.500. The van der Waals surface area contributed by atoms with Crippen molar-refractivity contribution in [2.24, 2.45) is 5.73 Å². The van der Waals surface area contributed by atoms with Crippen molar-refractivity contribution in [2.45, 2.75) is 61.6 Å². The Labute approximate surface area is 207 Å². The number of benzene rings is 2. The predicted octanol–water partition coefficient (Wildman–Crippen LogP) is 3.71. The lowest BCUT2D eigenvalue weighted by molar-refractivity contribution is -0.0725. The van der Waals surface area contributed by atoms with Gasteiger partial charge in [-0.2, -0.15) is 0 Å². The van der Waals surface area contributed by atoms with Gasteiger partial charge in [0.05, 0.1) is 35.5 Å². The van der Waals surface area contributed by atoms with Crippen LogP contribution in [0.2, 0.25) is 0 Å². The Morgan fingerprint density at radius 1 is 0.971 bits per heavy atom. The van der Waals surface area contributed by atoms with Crippen LogP contribution in [0, 0.1) is 0 Å². The first-order valence-corrected chi connectivity index (χ1v) is 12.6. The summed E-state index contributed by atoms with van der Waals surface area (Å²) >= 11 is 0. The number of hydrogen-bond donors (Lipinski definition) is 2. The van der Waals surface area contributed by atoms with Crippen LogP contribution in [-0.4, -0.2) is 65.2 Å². The molecule has 35 heavy (non-hydrogen) atoms. The fourth-order valence-corrected chi connectivity index (χ4v) is 6.47. The molecule has 0 bridgehead atoms. The third-order valence-electron chi connectivity index (χ3n) is 8.86. The van der Waals surface area contributed by atoms with Crippen molar-refractivity contribution >= 4 is 17.6 Å². The molecule has 3 N–H and O–H groups in total. The number of hydrogen-bond acceptors (Lipinski definition) is 4. The lowest BCUT2D eigenvalue weighted by Gasteiger charge is -2.52. The van der Waals surface area contributed by atoms with E-state index in [9.17, 15) is 14.7 Å². The van der Waals surface area contributed by atoms with Crippen molar-refractivity contribution in [3.8, 4) is 0 Å². The van der Waals surface area contributed by atoms with E-state index >= 15 is 0 Å². The highest BCUT2D eigenvalue weighted by atomic mass is 16.3. The van der Waals surface area contributed by atoms with Crippen LogP contribution in [0.4, 0.5) is 10.5 Å². The number of amides is 3. The Morgan fingerprint density at radius 3 is 2.17 bits per heavy atom. The highest BCUT2D eigenvalue weighted by Crippen LogP contribution is 2.50. The van der Waals surface area contributed by atoms with Gasteiger partial charge < -0.3 is 15.7 Å². The summed E-state index contributed by atoms with van der Waals surface area (Å²) in [5.41, 5.74) is 6.54. The summed E-state index contributed by atoms with van der Waals surface area (Å²) in [5, 5.41) is 11.1. The molecule has 186 valence electrons. The van der Waals surface area contributed by atoms with Gasteiger partial charge in [-0.25, -0.2) is 4.79 Å². The normalized spacial score (nSPS) is 27.9. The van der Waals surface area contributed by atoms with Gasteiger partial charge in [0.1, 0.15) is 0 Å². The first-order valence-electron chi connectivity index (χ1n) is 12.6. The Bertz CT molecular complexity index is 1100. The zero-order valence-corrected chi connectivity index (χ0v) is 20.7. The molecule has 7 nitrogen and oxygen atoms in total. The highest BCUT2D eigenvalue weighted by Gasteiger charge is 2.57. The summed E-state index contributed by atoms with van der Waals surface area (Å²) < 4.78 is 0. The van der Waals surface area contributed by atoms with E-state index in [0.717, 1.165) is 44.9 Å². The number of carbonyl (C=O) groups excluding carboxylic acids is 2. The van der Waals surface area contributed by atoms with Gasteiger partial charge in [-0.15, -0.1) is 0 Å². The minimum atomic E-state index is -0.822. The van der Waals surface area contributed by atoms with E-state index in [1.807, 2.05) is 17.0 Å². The van der Waals surface area contributed by atoms with E-state index in [1.54, 1.807) is 23.1 Å². The zero-order valence-electron chi connectivity index (χ0n) is 20.7. The van der Waals surface area contributed by atoms with Gasteiger partial charge in [0.25, 0.3) is 5.91 Å². The van der Waals surface area contributed by atoms with Crippen molar-refractivity contribution in [1.29, 1.82) is 0 Å². The van der Waals surface area contributed by atoms with Gasteiger partial charge in [-0.3, -0.25) is 14.6 Å². The number of nitrogens with zero attached hydrogens (tertiary/aromatic N) is 3. The monoisotopic (exact) mass is 476 g/mol. The third kappa shape index (κ3) is 3.91. The Hall–Kier alpha value is -2.90. The third-order valence-corrected chi connectivity index (χ3v) is 8.86. The van der Waals surface area contributed by atoms with Gasteiger partial charge in [0, 0.05) is 5.54 Å². The van der Waals surface area contributed by atoms with Crippen LogP contribution in [0.5, 0.6) is 0 Å². The lowest BCUT2D eigenvalue weighted by atomic mass is 9.67. The van der Waals surface area contributed by atoms with E-state index in [4.69, 9.17) is 5.73 Å². The van der Waals surface area contributed by atoms with Crippen LogP contribution >= 0.6 is 0 Å². The second kappa shape index (κ2) is 8.64. The smallest absolute Gasteiger partial charge is 0.325 e. The number of carbonyl (C=O) groups is 2. The van der Waals surface area contributed by atoms with Crippen molar-refractivity contribution in [3.05, 3.63) is 65.7 Å². The fourth-order valence-electron chi connectivity index (χ4n) is 6.47. The molecule has 1 saturated heterocycles. The molecule has 2 saturated carbocycles. The number of β-amino-alcohol motifs (C(OH)–C–C–N with tert-alkyl or cyclic N) is 1. The molecule has 2 aromatic carbocycles. The van der Waals surface area contributed by atoms with E-state index < -0.39 is 17.0 Å². The van der Waals surface area contributed by atoms with Crippen LogP contribution in [0.25, 0.3) is 0 Å². The molecule has 0 aromatic heterocycles. The van der Waals surface area contributed by atoms with Crippen LogP contribution in [-0.2, 0) is 5.54 Å². The highest BCUT2D eigenvalue weighted by molar-refractivity contribution is 6.05. The molecule has 1 aliphatic heterocycles. The number of urea groups is 1. The van der Waals surface area contributed by atoms with Gasteiger partial charge in [0.15, 0.2) is 0 Å². The molecule has 1 heterocycles. The second-order valence-electron chi connectivity index (χ2n) is 10.9. The molecular weight excluding hydrogens is 440 g/mol. The van der Waals surface area contributed by atoms with Crippen molar-refractivity contribution in [3.63, 3.8) is 0 Å². The molecule has 3 fully saturated rings. The summed E-state index contributed by atoms with van der Waals surface area (Å²) in [6.07, 6.45) is 5.85.